The molecule has 0 bridgehead atoms. The van der Waals surface area contributed by atoms with Gasteiger partial charge in [0.2, 0.25) is 0 Å². The molecule has 2 N–H and O–H groups in total. The lowest BCUT2D eigenvalue weighted by Crippen LogP contribution is -2.13. The topological polar surface area (TPSA) is 86.7 Å². The van der Waals surface area contributed by atoms with E-state index in [2.05, 4.69) is 15.1 Å². The van der Waals surface area contributed by atoms with Crippen molar-refractivity contribution < 1.29 is 4.79 Å². The van der Waals surface area contributed by atoms with Crippen LogP contribution in [0.3, 0.4) is 0 Å². The monoisotopic (exact) mass is 279 g/mol. The van der Waals surface area contributed by atoms with Crippen LogP contribution in [-0.2, 0) is 12.8 Å². The lowest BCUT2D eigenvalue weighted by molar-refractivity contribution is 0.0984. The minimum Gasteiger partial charge on any atom is -0.330 e. The van der Waals surface area contributed by atoms with Gasteiger partial charge in [0.1, 0.15) is 17.8 Å². The zero-order chi connectivity index (χ0) is 13.8. The van der Waals surface area contributed by atoms with Gasteiger partial charge in [-0.25, -0.2) is 14.6 Å². The summed E-state index contributed by atoms with van der Waals surface area (Å²) in [4.78, 5) is 20.6. The Morgan fingerprint density at radius 2 is 2.32 bits per heavy atom. The molecular formula is C12H17N5OS. The van der Waals surface area contributed by atoms with E-state index < -0.39 is 0 Å². The molecule has 2 aromatic heterocycles. The van der Waals surface area contributed by atoms with Gasteiger partial charge in [-0.15, -0.1) is 11.3 Å². The average molecular weight is 279 g/mol. The Kier molecular flexibility index (Phi) is 4.39. The van der Waals surface area contributed by atoms with Crippen molar-refractivity contribution in [2.75, 3.05) is 6.54 Å². The molecule has 2 aromatic rings. The molecule has 0 saturated heterocycles. The summed E-state index contributed by atoms with van der Waals surface area (Å²) < 4.78 is 1.76. The second-order valence-corrected chi connectivity index (χ2v) is 5.42. The van der Waals surface area contributed by atoms with Gasteiger partial charge in [-0.2, -0.15) is 5.10 Å². The number of nitrogens with two attached hydrogens (primary N) is 1. The van der Waals surface area contributed by atoms with Crippen molar-refractivity contribution in [1.29, 1.82) is 0 Å². The Labute approximate surface area is 115 Å². The smallest absolute Gasteiger partial charge is 0.189 e. The number of rotatable bonds is 6. The predicted molar refractivity (Wildman–Crippen MR) is 73.3 cm³/mol. The van der Waals surface area contributed by atoms with Crippen LogP contribution in [0.4, 0.5) is 0 Å². The van der Waals surface area contributed by atoms with Gasteiger partial charge in [-0.05, 0) is 20.4 Å². The Hall–Kier alpha value is -1.60. The van der Waals surface area contributed by atoms with Crippen molar-refractivity contribution in [2.45, 2.75) is 32.7 Å². The molecule has 0 aromatic carbocycles. The van der Waals surface area contributed by atoms with Crippen molar-refractivity contribution >= 4 is 17.1 Å². The van der Waals surface area contributed by atoms with Crippen LogP contribution in [0, 0.1) is 0 Å². The van der Waals surface area contributed by atoms with E-state index in [4.69, 9.17) is 5.73 Å². The lowest BCUT2D eigenvalue weighted by Gasteiger charge is -2.07. The quantitative estimate of drug-likeness (QED) is 0.804. The largest absolute Gasteiger partial charge is 0.330 e. The van der Waals surface area contributed by atoms with Crippen molar-refractivity contribution in [1.82, 2.24) is 19.7 Å². The Balaban J connectivity index is 2.09. The highest BCUT2D eigenvalue weighted by atomic mass is 32.1. The number of thiazole rings is 1. The van der Waals surface area contributed by atoms with Crippen LogP contribution < -0.4 is 5.73 Å². The zero-order valence-electron chi connectivity index (χ0n) is 11.0. The first-order chi connectivity index (χ1) is 9.11. The first-order valence-corrected chi connectivity index (χ1v) is 7.05. The van der Waals surface area contributed by atoms with Gasteiger partial charge < -0.3 is 5.73 Å². The van der Waals surface area contributed by atoms with E-state index in [1.54, 1.807) is 10.1 Å². The molecular weight excluding hydrogens is 262 g/mol. The van der Waals surface area contributed by atoms with Crippen LogP contribution in [0.15, 0.2) is 11.7 Å². The number of ketones is 1. The number of carbonyl (C=O) groups excluding carboxylic acids is 1. The molecule has 102 valence electrons. The summed E-state index contributed by atoms with van der Waals surface area (Å²) >= 11 is 1.47. The van der Waals surface area contributed by atoms with Gasteiger partial charge in [-0.1, -0.05) is 0 Å². The molecule has 0 spiro atoms. The maximum atomic E-state index is 12.1. The molecule has 2 heterocycles. The highest BCUT2D eigenvalue weighted by molar-refractivity contribution is 7.09. The summed E-state index contributed by atoms with van der Waals surface area (Å²) in [5, 5.41) is 6.80. The third-order valence-corrected chi connectivity index (χ3v) is 3.56. The number of hydrogen-bond acceptors (Lipinski definition) is 6. The molecule has 0 atom stereocenters. The first kappa shape index (κ1) is 13.8. The number of Topliss-reactive ketones (excluding diaryl/α,β-unsaturated/α-hetero) is 1. The molecule has 0 saturated carbocycles. The van der Waals surface area contributed by atoms with Crippen LogP contribution in [-0.4, -0.2) is 32.1 Å². The number of hydrogen-bond donors (Lipinski definition) is 1. The third kappa shape index (κ3) is 3.24. The van der Waals surface area contributed by atoms with Gasteiger partial charge in [-0.3, -0.25) is 4.79 Å². The van der Waals surface area contributed by atoms with Crippen LogP contribution in [0.5, 0.6) is 0 Å². The van der Waals surface area contributed by atoms with E-state index >= 15 is 0 Å². The van der Waals surface area contributed by atoms with E-state index in [9.17, 15) is 4.79 Å². The highest BCUT2D eigenvalue weighted by Gasteiger charge is 2.16. The number of nitrogens with zero attached hydrogens (tertiary/aromatic N) is 4. The Bertz CT molecular complexity index is 560. The Morgan fingerprint density at radius 3 is 3.00 bits per heavy atom. The second kappa shape index (κ2) is 6.03. The van der Waals surface area contributed by atoms with Crippen molar-refractivity contribution in [3.63, 3.8) is 0 Å². The van der Waals surface area contributed by atoms with Crippen LogP contribution in [0.2, 0.25) is 0 Å². The fraction of sp³-hybridized carbons (Fsp3) is 0.500. The summed E-state index contributed by atoms with van der Waals surface area (Å²) in [6.07, 6.45) is 2.41. The van der Waals surface area contributed by atoms with Gasteiger partial charge in [0.25, 0.3) is 0 Å². The molecule has 0 amide bonds. The standard InChI is InChI=1S/C12H17N5OS/c1-8(2)17-11(14-7-15-17)5-10(18)9-6-19-12(16-9)3-4-13/h6-8H,3-5,13H2,1-2H3. The Morgan fingerprint density at radius 1 is 1.53 bits per heavy atom. The predicted octanol–water partition coefficient (Wildman–Crippen LogP) is 1.24. The number of carbonyl (C=O) groups is 1. The van der Waals surface area contributed by atoms with E-state index in [0.717, 1.165) is 5.01 Å². The van der Waals surface area contributed by atoms with Crippen molar-refractivity contribution in [2.24, 2.45) is 5.73 Å². The molecule has 2 rings (SSSR count). The molecule has 0 aliphatic carbocycles. The summed E-state index contributed by atoms with van der Waals surface area (Å²) in [6.45, 7) is 4.55. The highest BCUT2D eigenvalue weighted by Crippen LogP contribution is 2.13. The van der Waals surface area contributed by atoms with Gasteiger partial charge in [0, 0.05) is 17.8 Å². The molecule has 7 heteroatoms. The SMILES string of the molecule is CC(C)n1ncnc1CC(=O)c1csc(CCN)n1. The molecule has 0 fully saturated rings. The van der Waals surface area contributed by atoms with Crippen molar-refractivity contribution in [3.05, 3.63) is 28.2 Å². The van der Waals surface area contributed by atoms with Gasteiger partial charge >= 0.3 is 0 Å². The van der Waals surface area contributed by atoms with E-state index in [-0.39, 0.29) is 18.2 Å². The minimum absolute atomic E-state index is 0.0329. The van der Waals surface area contributed by atoms with Crippen LogP contribution in [0.25, 0.3) is 0 Å². The molecule has 0 radical (unpaired) electrons. The molecule has 0 aliphatic heterocycles. The van der Waals surface area contributed by atoms with E-state index in [1.807, 2.05) is 13.8 Å². The fourth-order valence-corrected chi connectivity index (χ4v) is 2.56. The lowest BCUT2D eigenvalue weighted by atomic mass is 10.2. The maximum Gasteiger partial charge on any atom is 0.189 e. The average Bonchev–Trinajstić information content (AvgIpc) is 2.98. The molecule has 0 aliphatic rings. The van der Waals surface area contributed by atoms with Crippen molar-refractivity contribution in [3.8, 4) is 0 Å². The molecule has 19 heavy (non-hydrogen) atoms. The summed E-state index contributed by atoms with van der Waals surface area (Å²) in [6, 6.07) is 0.188. The zero-order valence-corrected chi connectivity index (χ0v) is 11.9. The van der Waals surface area contributed by atoms with Gasteiger partial charge in [0.15, 0.2) is 5.78 Å². The van der Waals surface area contributed by atoms with Gasteiger partial charge in [0.05, 0.1) is 11.4 Å². The first-order valence-electron chi connectivity index (χ1n) is 6.18. The van der Waals surface area contributed by atoms with Crippen LogP contribution >= 0.6 is 11.3 Å². The summed E-state index contributed by atoms with van der Waals surface area (Å²) in [7, 11) is 0. The number of aromatic nitrogens is 4. The maximum absolute atomic E-state index is 12.1. The van der Waals surface area contributed by atoms with E-state index in [0.29, 0.717) is 24.5 Å². The van der Waals surface area contributed by atoms with Crippen LogP contribution in [0.1, 0.15) is 41.2 Å². The second-order valence-electron chi connectivity index (χ2n) is 4.48. The van der Waals surface area contributed by atoms with E-state index in [1.165, 1.54) is 17.7 Å². The molecule has 6 nitrogen and oxygen atoms in total. The molecule has 0 unspecified atom stereocenters. The third-order valence-electron chi connectivity index (χ3n) is 2.65. The summed E-state index contributed by atoms with van der Waals surface area (Å²) in [5.74, 6) is 0.641. The summed E-state index contributed by atoms with van der Waals surface area (Å²) in [5.41, 5.74) is 5.96. The fourth-order valence-electron chi connectivity index (χ4n) is 1.74. The normalized spacial score (nSPS) is 11.2. The minimum atomic E-state index is -0.0329.